The summed E-state index contributed by atoms with van der Waals surface area (Å²) in [6, 6.07) is 8.70. The highest BCUT2D eigenvalue weighted by atomic mass is 19.1. The van der Waals surface area contributed by atoms with Gasteiger partial charge in [-0.1, -0.05) is 18.2 Å². The Morgan fingerprint density at radius 2 is 2.00 bits per heavy atom. The lowest BCUT2D eigenvalue weighted by Gasteiger charge is -2.09. The van der Waals surface area contributed by atoms with Crippen molar-refractivity contribution < 1.29 is 19.2 Å². The maximum atomic E-state index is 13.0. The van der Waals surface area contributed by atoms with Crippen LogP contribution >= 0.6 is 0 Å². The third-order valence-corrected chi connectivity index (χ3v) is 2.68. The van der Waals surface area contributed by atoms with E-state index in [1.807, 2.05) is 0 Å². The lowest BCUT2D eigenvalue weighted by atomic mass is 10.2. The van der Waals surface area contributed by atoms with E-state index in [0.717, 1.165) is 18.3 Å². The van der Waals surface area contributed by atoms with Crippen LogP contribution in [-0.4, -0.2) is 17.0 Å². The first-order valence-corrected chi connectivity index (χ1v) is 6.02. The van der Waals surface area contributed by atoms with Crippen LogP contribution in [0.5, 0.6) is 5.75 Å². The number of benzene rings is 2. The Morgan fingerprint density at radius 1 is 1.27 bits per heavy atom. The molecule has 7 nitrogen and oxygen atoms in total. The number of hydrogen-bond acceptors (Lipinski definition) is 5. The number of halogens is 1. The fourth-order valence-electron chi connectivity index (χ4n) is 1.64. The van der Waals surface area contributed by atoms with Crippen LogP contribution in [0.1, 0.15) is 15.9 Å². The molecule has 0 aliphatic rings. The minimum absolute atomic E-state index is 0.0475. The van der Waals surface area contributed by atoms with Crippen LogP contribution in [0.15, 0.2) is 47.6 Å². The van der Waals surface area contributed by atoms with Gasteiger partial charge >= 0.3 is 0 Å². The summed E-state index contributed by atoms with van der Waals surface area (Å²) in [6.07, 6.45) is 0.993. The molecule has 2 rings (SSSR count). The number of hydrogen-bond donors (Lipinski definition) is 1. The maximum absolute atomic E-state index is 13.0. The molecule has 0 aliphatic carbocycles. The van der Waals surface area contributed by atoms with Gasteiger partial charge in [-0.25, -0.2) is 9.82 Å². The molecular weight excluding hydrogens is 293 g/mol. The van der Waals surface area contributed by atoms with Crippen LogP contribution in [0, 0.1) is 15.9 Å². The average Bonchev–Trinajstić information content (AvgIpc) is 2.48. The molecule has 1 amide bonds. The summed E-state index contributed by atoms with van der Waals surface area (Å²) < 4.78 is 13.0. The van der Waals surface area contributed by atoms with E-state index >= 15 is 0 Å². The Balaban J connectivity index is 2.12. The average molecular weight is 302 g/mol. The molecule has 112 valence electrons. The summed E-state index contributed by atoms with van der Waals surface area (Å²) >= 11 is 0. The van der Waals surface area contributed by atoms with Crippen LogP contribution in [0.4, 0.5) is 10.1 Å². The van der Waals surface area contributed by atoms with E-state index in [9.17, 15) is 24.4 Å². The number of carbonyl (C=O) groups is 1. The van der Waals surface area contributed by atoms with Gasteiger partial charge in [0.1, 0.15) is 5.82 Å². The van der Waals surface area contributed by atoms with Gasteiger partial charge in [-0.2, -0.15) is 5.10 Å². The smallest absolute Gasteiger partial charge is 0.271 e. The van der Waals surface area contributed by atoms with Crippen molar-refractivity contribution in [3.05, 3.63) is 69.5 Å². The molecule has 2 aromatic rings. The Labute approximate surface area is 123 Å². The third kappa shape index (κ3) is 3.42. The fourth-order valence-corrected chi connectivity index (χ4v) is 1.64. The molecule has 0 atom stereocenters. The van der Waals surface area contributed by atoms with Crippen LogP contribution in [0.2, 0.25) is 0 Å². The quantitative estimate of drug-likeness (QED) is 0.525. The third-order valence-electron chi connectivity index (χ3n) is 2.68. The van der Waals surface area contributed by atoms with Gasteiger partial charge < -0.3 is 5.11 Å². The summed E-state index contributed by atoms with van der Waals surface area (Å²) in [5.74, 6) is -2.05. The van der Waals surface area contributed by atoms with E-state index in [0.29, 0.717) is 0 Å². The van der Waals surface area contributed by atoms with Crippen molar-refractivity contribution in [3.63, 3.8) is 0 Å². The van der Waals surface area contributed by atoms with Crippen molar-refractivity contribution in [1.29, 1.82) is 0 Å². The highest BCUT2D eigenvalue weighted by Gasteiger charge is 2.08. The number of nitrogens with one attached hydrogen (secondary N) is 1. The summed E-state index contributed by atoms with van der Waals surface area (Å²) in [5.41, 5.74) is 1.53. The number of nitro benzene ring substituents is 1. The van der Waals surface area contributed by atoms with E-state index in [2.05, 4.69) is 10.5 Å². The number of nitro groups is 1. The molecule has 0 aliphatic heterocycles. The minimum Gasteiger partial charge on any atom is -0.867 e. The summed E-state index contributed by atoms with van der Waals surface area (Å²) in [7, 11) is 0. The molecule has 0 bridgehead atoms. The first kappa shape index (κ1) is 15.1. The Hall–Kier alpha value is -3.29. The number of amides is 1. The highest BCUT2D eigenvalue weighted by Crippen LogP contribution is 2.24. The Kier molecular flexibility index (Phi) is 4.42. The molecule has 0 aromatic heterocycles. The molecule has 2 aromatic carbocycles. The molecule has 0 unspecified atom stereocenters. The zero-order valence-corrected chi connectivity index (χ0v) is 11.0. The second-order valence-corrected chi connectivity index (χ2v) is 4.16. The first-order chi connectivity index (χ1) is 10.5. The topological polar surface area (TPSA) is 108 Å². The number of hydrazone groups is 1. The zero-order valence-electron chi connectivity index (χ0n) is 11.0. The van der Waals surface area contributed by atoms with Crippen LogP contribution < -0.4 is 10.5 Å². The van der Waals surface area contributed by atoms with Crippen molar-refractivity contribution in [2.45, 2.75) is 0 Å². The minimum atomic E-state index is -0.809. The van der Waals surface area contributed by atoms with Crippen molar-refractivity contribution >= 4 is 17.8 Å². The molecule has 0 saturated carbocycles. The monoisotopic (exact) mass is 302 g/mol. The molecule has 0 spiro atoms. The summed E-state index contributed by atoms with van der Waals surface area (Å²) in [6.45, 7) is 0. The van der Waals surface area contributed by atoms with Gasteiger partial charge in [0.25, 0.3) is 11.6 Å². The van der Waals surface area contributed by atoms with E-state index in [-0.39, 0.29) is 11.1 Å². The van der Waals surface area contributed by atoms with Gasteiger partial charge in [-0.15, -0.1) is 0 Å². The van der Waals surface area contributed by atoms with Gasteiger partial charge in [0.05, 0.1) is 11.1 Å². The number of nitrogens with zero attached hydrogens (tertiary/aromatic N) is 2. The zero-order chi connectivity index (χ0) is 16.1. The summed E-state index contributed by atoms with van der Waals surface area (Å²) in [5, 5.41) is 25.9. The van der Waals surface area contributed by atoms with Gasteiger partial charge in [-0.05, 0) is 29.5 Å². The lowest BCUT2D eigenvalue weighted by Crippen LogP contribution is -2.17. The maximum Gasteiger partial charge on any atom is 0.271 e. The van der Waals surface area contributed by atoms with E-state index < -0.39 is 28.1 Å². The van der Waals surface area contributed by atoms with E-state index in [1.165, 1.54) is 30.3 Å². The van der Waals surface area contributed by atoms with Gasteiger partial charge in [-0.3, -0.25) is 14.9 Å². The standard InChI is InChI=1S/C14H10FN3O4/c15-11-5-1-3-9(7-11)14(20)17-16-8-10-4-2-6-12(13(10)19)18(21)22/h1-8,19H,(H,17,20)/p-1/b16-8-. The van der Waals surface area contributed by atoms with Crippen LogP contribution in [0.25, 0.3) is 0 Å². The molecule has 0 saturated heterocycles. The fraction of sp³-hybridized carbons (Fsp3) is 0. The van der Waals surface area contributed by atoms with Crippen molar-refractivity contribution in [2.75, 3.05) is 0 Å². The predicted octanol–water partition coefficient (Wildman–Crippen LogP) is 1.57. The first-order valence-electron chi connectivity index (χ1n) is 6.02. The SMILES string of the molecule is O=C(N/N=C\c1cccc([N+](=O)[O-])c1[O-])c1cccc(F)c1. The second kappa shape index (κ2) is 6.44. The lowest BCUT2D eigenvalue weighted by molar-refractivity contribution is -0.398. The highest BCUT2D eigenvalue weighted by molar-refractivity contribution is 5.95. The molecular formula is C14H9FN3O4-. The normalized spacial score (nSPS) is 10.6. The van der Waals surface area contributed by atoms with Gasteiger partial charge in [0.2, 0.25) is 0 Å². The largest absolute Gasteiger partial charge is 0.867 e. The van der Waals surface area contributed by atoms with Crippen LogP contribution in [0.3, 0.4) is 0 Å². The number of carbonyl (C=O) groups excluding carboxylic acids is 1. The number of rotatable bonds is 4. The van der Waals surface area contributed by atoms with Gasteiger partial charge in [0, 0.05) is 11.6 Å². The molecule has 0 fully saturated rings. The summed E-state index contributed by atoms with van der Waals surface area (Å²) in [4.78, 5) is 21.5. The predicted molar refractivity (Wildman–Crippen MR) is 74.0 cm³/mol. The molecule has 1 N–H and O–H groups in total. The Morgan fingerprint density at radius 3 is 2.68 bits per heavy atom. The van der Waals surface area contributed by atoms with E-state index in [1.54, 1.807) is 0 Å². The number of para-hydroxylation sites is 1. The van der Waals surface area contributed by atoms with Crippen LogP contribution in [-0.2, 0) is 0 Å². The molecule has 22 heavy (non-hydrogen) atoms. The van der Waals surface area contributed by atoms with E-state index in [4.69, 9.17) is 0 Å². The van der Waals surface area contributed by atoms with Crippen molar-refractivity contribution in [2.24, 2.45) is 5.10 Å². The molecule has 0 heterocycles. The molecule has 8 heteroatoms. The van der Waals surface area contributed by atoms with Crippen molar-refractivity contribution in [1.82, 2.24) is 5.43 Å². The van der Waals surface area contributed by atoms with Gasteiger partial charge in [0.15, 0.2) is 0 Å². The Bertz CT molecular complexity index is 762. The second-order valence-electron chi connectivity index (χ2n) is 4.16. The van der Waals surface area contributed by atoms with Crippen molar-refractivity contribution in [3.8, 4) is 5.75 Å². The molecule has 0 radical (unpaired) electrons.